The molecule has 0 amide bonds. The van der Waals surface area contributed by atoms with Crippen LogP contribution in [0.4, 0.5) is 0 Å². The molecule has 0 bridgehead atoms. The molecule has 0 aliphatic rings. The van der Waals surface area contributed by atoms with E-state index in [0.29, 0.717) is 23.5 Å². The van der Waals surface area contributed by atoms with Gasteiger partial charge >= 0.3 is 0 Å². The van der Waals surface area contributed by atoms with E-state index in [1.165, 1.54) is 30.6 Å². The molecular formula is C29H29NO3S. The summed E-state index contributed by atoms with van der Waals surface area (Å²) >= 11 is 1.52. The number of hydrogen-bond donors (Lipinski definition) is 1. The standard InChI is InChI=1S/C29H29NO3S/c1-2-3-4-8-17-30-18-19-33-24-14-11-21(12-15-24)28(32)27-25-16-13-23(31)20-26(25)34-29(27)22-9-6-5-7-10-22/h5-7,9-16,18,20,31H,2-4,8,17,19H2,1H3. The molecule has 0 unspecified atom stereocenters. The lowest BCUT2D eigenvalue weighted by molar-refractivity contribution is 0.104. The lowest BCUT2D eigenvalue weighted by Gasteiger charge is -2.07. The molecule has 3 aromatic carbocycles. The van der Waals surface area contributed by atoms with E-state index in [4.69, 9.17) is 4.74 Å². The second kappa shape index (κ2) is 11.6. The maximum absolute atomic E-state index is 13.6. The van der Waals surface area contributed by atoms with Gasteiger partial charge in [-0.1, -0.05) is 56.5 Å². The average Bonchev–Trinajstić information content (AvgIpc) is 3.24. The number of phenolic OH excluding ortho intramolecular Hbond substituents is 1. The van der Waals surface area contributed by atoms with Crippen molar-refractivity contribution in [3.63, 3.8) is 0 Å². The molecular weight excluding hydrogens is 442 g/mol. The highest BCUT2D eigenvalue weighted by atomic mass is 32.1. The lowest BCUT2D eigenvalue weighted by Crippen LogP contribution is -2.03. The van der Waals surface area contributed by atoms with Crippen LogP contribution in [0.3, 0.4) is 0 Å². The summed E-state index contributed by atoms with van der Waals surface area (Å²) < 4.78 is 6.63. The van der Waals surface area contributed by atoms with Gasteiger partial charge in [0.05, 0.1) is 0 Å². The first-order valence-corrected chi connectivity index (χ1v) is 12.6. The van der Waals surface area contributed by atoms with Crippen LogP contribution in [-0.2, 0) is 0 Å². The number of unbranched alkanes of at least 4 members (excludes halogenated alkanes) is 3. The van der Waals surface area contributed by atoms with Gasteiger partial charge in [0.1, 0.15) is 18.1 Å². The number of ketones is 1. The molecule has 1 heterocycles. The van der Waals surface area contributed by atoms with Gasteiger partial charge in [0.25, 0.3) is 0 Å². The van der Waals surface area contributed by atoms with Gasteiger partial charge in [-0.15, -0.1) is 11.3 Å². The van der Waals surface area contributed by atoms with Crippen LogP contribution in [-0.4, -0.2) is 30.3 Å². The Kier molecular flexibility index (Phi) is 8.10. The normalized spacial score (nSPS) is 11.3. The average molecular weight is 472 g/mol. The van der Waals surface area contributed by atoms with Crippen molar-refractivity contribution in [2.75, 3.05) is 13.2 Å². The van der Waals surface area contributed by atoms with Gasteiger partial charge in [0.15, 0.2) is 5.78 Å². The first-order chi connectivity index (χ1) is 16.7. The van der Waals surface area contributed by atoms with E-state index in [1.54, 1.807) is 24.3 Å². The van der Waals surface area contributed by atoms with E-state index < -0.39 is 0 Å². The second-order valence-electron chi connectivity index (χ2n) is 8.17. The lowest BCUT2D eigenvalue weighted by atomic mass is 9.97. The Bertz CT molecular complexity index is 1260. The van der Waals surface area contributed by atoms with Crippen LogP contribution >= 0.6 is 11.3 Å². The fourth-order valence-electron chi connectivity index (χ4n) is 3.86. The molecule has 0 fully saturated rings. The predicted molar refractivity (Wildman–Crippen MR) is 142 cm³/mol. The number of thiophene rings is 1. The summed E-state index contributed by atoms with van der Waals surface area (Å²) in [6.45, 7) is 3.46. The third kappa shape index (κ3) is 5.72. The highest BCUT2D eigenvalue weighted by molar-refractivity contribution is 7.22. The predicted octanol–water partition coefficient (Wildman–Crippen LogP) is 7.53. The van der Waals surface area contributed by atoms with E-state index in [0.717, 1.165) is 33.5 Å². The number of fused-ring (bicyclic) bond motifs is 1. The van der Waals surface area contributed by atoms with Crippen molar-refractivity contribution in [2.24, 2.45) is 4.99 Å². The molecule has 4 rings (SSSR count). The Morgan fingerprint density at radius 3 is 2.56 bits per heavy atom. The van der Waals surface area contributed by atoms with Crippen LogP contribution in [0, 0.1) is 0 Å². The van der Waals surface area contributed by atoms with Gasteiger partial charge < -0.3 is 9.84 Å². The molecule has 0 atom stereocenters. The van der Waals surface area contributed by atoms with Crippen molar-refractivity contribution in [1.29, 1.82) is 0 Å². The van der Waals surface area contributed by atoms with Crippen LogP contribution in [0.15, 0.2) is 77.8 Å². The Hall–Kier alpha value is -3.44. The van der Waals surface area contributed by atoms with Gasteiger partial charge in [-0.3, -0.25) is 9.79 Å². The number of ether oxygens (including phenoxy) is 1. The molecule has 1 N–H and O–H groups in total. The number of aromatic hydroxyl groups is 1. The Morgan fingerprint density at radius 2 is 1.79 bits per heavy atom. The second-order valence-corrected chi connectivity index (χ2v) is 9.22. The van der Waals surface area contributed by atoms with Crippen molar-refractivity contribution >= 4 is 33.4 Å². The van der Waals surface area contributed by atoms with E-state index in [2.05, 4.69) is 11.9 Å². The zero-order valence-electron chi connectivity index (χ0n) is 19.4. The highest BCUT2D eigenvalue weighted by Gasteiger charge is 2.21. The summed E-state index contributed by atoms with van der Waals surface area (Å²) in [6.07, 6.45) is 6.63. The smallest absolute Gasteiger partial charge is 0.195 e. The van der Waals surface area contributed by atoms with Gasteiger partial charge in [-0.2, -0.15) is 0 Å². The number of aliphatic imine (C=N–C) groups is 1. The van der Waals surface area contributed by atoms with Crippen molar-refractivity contribution in [3.05, 3.63) is 83.9 Å². The van der Waals surface area contributed by atoms with Crippen molar-refractivity contribution in [3.8, 4) is 21.9 Å². The largest absolute Gasteiger partial charge is 0.508 e. The van der Waals surface area contributed by atoms with Gasteiger partial charge in [-0.25, -0.2) is 0 Å². The number of nitrogens with zero attached hydrogens (tertiary/aromatic N) is 1. The molecule has 4 aromatic rings. The maximum Gasteiger partial charge on any atom is 0.195 e. The zero-order valence-corrected chi connectivity index (χ0v) is 20.2. The third-order valence-electron chi connectivity index (χ3n) is 5.65. The van der Waals surface area contributed by atoms with Gasteiger partial charge in [-0.05, 0) is 54.4 Å². The van der Waals surface area contributed by atoms with Gasteiger partial charge in [0, 0.05) is 38.8 Å². The van der Waals surface area contributed by atoms with Crippen molar-refractivity contribution in [1.82, 2.24) is 0 Å². The number of hydrogen-bond acceptors (Lipinski definition) is 5. The van der Waals surface area contributed by atoms with Crippen LogP contribution in [0.1, 0.15) is 48.5 Å². The summed E-state index contributed by atoms with van der Waals surface area (Å²) in [5.74, 6) is 0.853. The summed E-state index contributed by atoms with van der Waals surface area (Å²) in [7, 11) is 0. The molecule has 0 saturated heterocycles. The fraction of sp³-hybridized carbons (Fsp3) is 0.241. The minimum Gasteiger partial charge on any atom is -0.508 e. The Morgan fingerprint density at radius 1 is 1.00 bits per heavy atom. The Labute approximate surface area is 204 Å². The molecule has 5 heteroatoms. The molecule has 1 aromatic heterocycles. The first kappa shape index (κ1) is 23.7. The first-order valence-electron chi connectivity index (χ1n) is 11.7. The number of carbonyl (C=O) groups excluding carboxylic acids is 1. The van der Waals surface area contributed by atoms with Crippen molar-refractivity contribution in [2.45, 2.75) is 32.6 Å². The van der Waals surface area contributed by atoms with E-state index >= 15 is 0 Å². The fourth-order valence-corrected chi connectivity index (χ4v) is 5.10. The molecule has 0 radical (unpaired) electrons. The molecule has 174 valence electrons. The van der Waals surface area contributed by atoms with E-state index in [1.807, 2.05) is 54.7 Å². The van der Waals surface area contributed by atoms with Crippen LogP contribution in [0.2, 0.25) is 0 Å². The van der Waals surface area contributed by atoms with Crippen LogP contribution in [0.25, 0.3) is 20.5 Å². The summed E-state index contributed by atoms with van der Waals surface area (Å²) in [6, 6.07) is 22.3. The number of phenols is 1. The molecule has 34 heavy (non-hydrogen) atoms. The third-order valence-corrected chi connectivity index (χ3v) is 6.85. The molecule has 0 aliphatic heterocycles. The summed E-state index contributed by atoms with van der Waals surface area (Å²) in [5.41, 5.74) is 2.25. The topological polar surface area (TPSA) is 58.9 Å². The van der Waals surface area contributed by atoms with E-state index in [9.17, 15) is 9.90 Å². The monoisotopic (exact) mass is 471 g/mol. The molecule has 0 saturated carbocycles. The Balaban J connectivity index is 1.50. The quantitative estimate of drug-likeness (QED) is 0.140. The summed E-state index contributed by atoms with van der Waals surface area (Å²) in [5, 5.41) is 10.8. The SMILES string of the molecule is CCCCCCN=CCOc1ccc(C(=O)c2c(-c3ccccc3)sc3cc(O)ccc23)cc1. The number of rotatable bonds is 11. The maximum atomic E-state index is 13.6. The van der Waals surface area contributed by atoms with Crippen LogP contribution in [0.5, 0.6) is 11.5 Å². The van der Waals surface area contributed by atoms with Crippen molar-refractivity contribution < 1.29 is 14.6 Å². The zero-order chi connectivity index (χ0) is 23.8. The van der Waals surface area contributed by atoms with Crippen LogP contribution < -0.4 is 4.74 Å². The number of carbonyl (C=O) groups is 1. The number of benzene rings is 3. The van der Waals surface area contributed by atoms with Gasteiger partial charge in [0.2, 0.25) is 0 Å². The molecule has 0 spiro atoms. The summed E-state index contributed by atoms with van der Waals surface area (Å²) in [4.78, 5) is 18.9. The highest BCUT2D eigenvalue weighted by Crippen LogP contribution is 2.41. The minimum atomic E-state index is -0.0454. The molecule has 0 aliphatic carbocycles. The minimum absolute atomic E-state index is 0.0454. The molecule has 4 nitrogen and oxygen atoms in total. The van der Waals surface area contributed by atoms with E-state index in [-0.39, 0.29) is 11.5 Å².